The molecule has 0 unspecified atom stereocenters. The number of carbonyl (C=O) groups is 2. The fourth-order valence-corrected chi connectivity index (χ4v) is 2.62. The van der Waals surface area contributed by atoms with Gasteiger partial charge in [-0.05, 0) is 25.3 Å². The largest absolute Gasteiger partial charge is 0.496 e. The molecule has 1 saturated carbocycles. The van der Waals surface area contributed by atoms with Crippen LogP contribution in [0.2, 0.25) is 0 Å². The quantitative estimate of drug-likeness (QED) is 0.543. The first kappa shape index (κ1) is 17.3. The van der Waals surface area contributed by atoms with E-state index in [0.717, 1.165) is 30.6 Å². The van der Waals surface area contributed by atoms with Crippen LogP contribution in [-0.2, 0) is 16.1 Å². The molecule has 0 heterocycles. The van der Waals surface area contributed by atoms with E-state index in [1.165, 1.54) is 0 Å². The number of amides is 2. The molecule has 1 aromatic rings. The van der Waals surface area contributed by atoms with E-state index in [4.69, 9.17) is 4.74 Å². The number of hydrogen-bond acceptors (Lipinski definition) is 3. The maximum atomic E-state index is 12.4. The Labute approximate surface area is 137 Å². The van der Waals surface area contributed by atoms with Gasteiger partial charge in [0.25, 0.3) is 0 Å². The Morgan fingerprint density at radius 3 is 2.48 bits per heavy atom. The van der Waals surface area contributed by atoms with Crippen molar-refractivity contribution < 1.29 is 14.3 Å². The lowest BCUT2D eigenvalue weighted by atomic mass is 10.0. The summed E-state index contributed by atoms with van der Waals surface area (Å²) in [5, 5.41) is 5.78. The zero-order chi connectivity index (χ0) is 16.7. The molecule has 5 nitrogen and oxygen atoms in total. The van der Waals surface area contributed by atoms with Crippen molar-refractivity contribution in [2.45, 2.75) is 45.6 Å². The number of unbranched alkanes of at least 4 members (excludes halogenated alkanes) is 2. The van der Waals surface area contributed by atoms with Crippen LogP contribution in [0.5, 0.6) is 5.75 Å². The summed E-state index contributed by atoms with van der Waals surface area (Å²) in [4.78, 5) is 24.7. The second kappa shape index (κ2) is 7.99. The Bertz CT molecular complexity index is 553. The average Bonchev–Trinajstić information content (AvgIpc) is 3.38. The van der Waals surface area contributed by atoms with Crippen molar-refractivity contribution in [3.05, 3.63) is 29.8 Å². The molecular formula is C18H26N2O3. The number of carbonyl (C=O) groups excluding carboxylic acids is 2. The van der Waals surface area contributed by atoms with E-state index >= 15 is 0 Å². The molecule has 1 fully saturated rings. The predicted molar refractivity (Wildman–Crippen MR) is 89.0 cm³/mol. The Balaban J connectivity index is 1.86. The molecular weight excluding hydrogens is 292 g/mol. The molecule has 1 aliphatic carbocycles. The van der Waals surface area contributed by atoms with Gasteiger partial charge in [0, 0.05) is 18.7 Å². The summed E-state index contributed by atoms with van der Waals surface area (Å²) in [6, 6.07) is 7.55. The summed E-state index contributed by atoms with van der Waals surface area (Å²) in [6.07, 6.45) is 4.42. The SMILES string of the molecule is CCCCCNC(=O)C1(C(=O)NCc2ccccc2OC)CC1. The molecule has 2 rings (SSSR count). The maximum absolute atomic E-state index is 12.4. The first-order chi connectivity index (χ1) is 11.1. The van der Waals surface area contributed by atoms with Gasteiger partial charge in [0.05, 0.1) is 7.11 Å². The van der Waals surface area contributed by atoms with Crippen LogP contribution < -0.4 is 15.4 Å². The summed E-state index contributed by atoms with van der Waals surface area (Å²) in [6.45, 7) is 3.14. The van der Waals surface area contributed by atoms with Crippen molar-refractivity contribution in [2.75, 3.05) is 13.7 Å². The maximum Gasteiger partial charge on any atom is 0.235 e. The molecule has 1 aliphatic rings. The summed E-state index contributed by atoms with van der Waals surface area (Å²) in [5.41, 5.74) is 0.0521. The molecule has 0 radical (unpaired) electrons. The van der Waals surface area contributed by atoms with Gasteiger partial charge in [-0.1, -0.05) is 38.0 Å². The van der Waals surface area contributed by atoms with Gasteiger partial charge < -0.3 is 15.4 Å². The molecule has 0 aromatic heterocycles. The highest BCUT2D eigenvalue weighted by atomic mass is 16.5. The number of hydrogen-bond donors (Lipinski definition) is 2. The zero-order valence-corrected chi connectivity index (χ0v) is 14.0. The van der Waals surface area contributed by atoms with Gasteiger partial charge in [-0.25, -0.2) is 0 Å². The Morgan fingerprint density at radius 2 is 1.83 bits per heavy atom. The minimum absolute atomic E-state index is 0.133. The topological polar surface area (TPSA) is 67.4 Å². The third kappa shape index (κ3) is 4.24. The highest BCUT2D eigenvalue weighted by molar-refractivity contribution is 6.07. The Hall–Kier alpha value is -2.04. The van der Waals surface area contributed by atoms with Gasteiger partial charge in [0.15, 0.2) is 0 Å². The second-order valence-electron chi connectivity index (χ2n) is 6.04. The van der Waals surface area contributed by atoms with Crippen molar-refractivity contribution in [1.29, 1.82) is 0 Å². The van der Waals surface area contributed by atoms with E-state index in [1.54, 1.807) is 7.11 Å². The lowest BCUT2D eigenvalue weighted by molar-refractivity contribution is -0.137. The normalized spacial score (nSPS) is 14.9. The van der Waals surface area contributed by atoms with E-state index in [0.29, 0.717) is 25.9 Å². The molecule has 1 aromatic carbocycles. The number of benzene rings is 1. The highest BCUT2D eigenvalue weighted by Crippen LogP contribution is 2.46. The van der Waals surface area contributed by atoms with Gasteiger partial charge in [0.2, 0.25) is 11.8 Å². The standard InChI is InChI=1S/C18H26N2O3/c1-3-4-7-12-19-16(21)18(10-11-18)17(22)20-13-14-8-5-6-9-15(14)23-2/h5-6,8-9H,3-4,7,10-13H2,1-2H3,(H,19,21)(H,20,22). The van der Waals surface area contributed by atoms with Crippen molar-refractivity contribution >= 4 is 11.8 Å². The fraction of sp³-hybridized carbons (Fsp3) is 0.556. The van der Waals surface area contributed by atoms with E-state index in [2.05, 4.69) is 17.6 Å². The third-order valence-electron chi connectivity index (χ3n) is 4.32. The van der Waals surface area contributed by atoms with Gasteiger partial charge >= 0.3 is 0 Å². The lowest BCUT2D eigenvalue weighted by Crippen LogP contribution is -2.43. The van der Waals surface area contributed by atoms with Crippen LogP contribution in [-0.4, -0.2) is 25.5 Å². The van der Waals surface area contributed by atoms with Crippen LogP contribution in [0.15, 0.2) is 24.3 Å². The Kier molecular flexibility index (Phi) is 6.02. The number of methoxy groups -OCH3 is 1. The summed E-state index contributed by atoms with van der Waals surface area (Å²) in [5.74, 6) is 0.421. The minimum Gasteiger partial charge on any atom is -0.496 e. The van der Waals surface area contributed by atoms with Crippen LogP contribution in [0.25, 0.3) is 0 Å². The van der Waals surface area contributed by atoms with Crippen molar-refractivity contribution in [3.8, 4) is 5.75 Å². The highest BCUT2D eigenvalue weighted by Gasteiger charge is 2.56. The fourth-order valence-electron chi connectivity index (χ4n) is 2.62. The van der Waals surface area contributed by atoms with E-state index in [-0.39, 0.29) is 11.8 Å². The number of para-hydroxylation sites is 1. The van der Waals surface area contributed by atoms with Gasteiger partial charge in [0.1, 0.15) is 11.2 Å². The number of ether oxygens (including phenoxy) is 1. The van der Waals surface area contributed by atoms with E-state index in [9.17, 15) is 9.59 Å². The molecule has 0 aliphatic heterocycles. The first-order valence-corrected chi connectivity index (χ1v) is 8.32. The van der Waals surface area contributed by atoms with E-state index in [1.807, 2.05) is 24.3 Å². The van der Waals surface area contributed by atoms with Crippen molar-refractivity contribution in [2.24, 2.45) is 5.41 Å². The van der Waals surface area contributed by atoms with Crippen LogP contribution in [0.1, 0.15) is 44.6 Å². The lowest BCUT2D eigenvalue weighted by Gasteiger charge is -2.16. The van der Waals surface area contributed by atoms with Crippen LogP contribution >= 0.6 is 0 Å². The summed E-state index contributed by atoms with van der Waals surface area (Å²) >= 11 is 0. The third-order valence-corrected chi connectivity index (χ3v) is 4.32. The monoisotopic (exact) mass is 318 g/mol. The summed E-state index contributed by atoms with van der Waals surface area (Å²) < 4.78 is 5.27. The number of nitrogens with one attached hydrogen (secondary N) is 2. The molecule has 126 valence electrons. The summed E-state index contributed by atoms with van der Waals surface area (Å²) in [7, 11) is 1.60. The van der Waals surface area contributed by atoms with Crippen LogP contribution in [0.3, 0.4) is 0 Å². The van der Waals surface area contributed by atoms with Crippen LogP contribution in [0.4, 0.5) is 0 Å². The van der Waals surface area contributed by atoms with Gasteiger partial charge in [-0.3, -0.25) is 9.59 Å². The van der Waals surface area contributed by atoms with E-state index < -0.39 is 5.41 Å². The van der Waals surface area contributed by atoms with Gasteiger partial charge in [-0.2, -0.15) is 0 Å². The molecule has 0 atom stereocenters. The smallest absolute Gasteiger partial charge is 0.235 e. The second-order valence-corrected chi connectivity index (χ2v) is 6.04. The average molecular weight is 318 g/mol. The zero-order valence-electron chi connectivity index (χ0n) is 14.0. The molecule has 0 bridgehead atoms. The molecule has 2 amide bonds. The number of rotatable bonds is 9. The van der Waals surface area contributed by atoms with Crippen LogP contribution in [0, 0.1) is 5.41 Å². The minimum atomic E-state index is -0.853. The predicted octanol–water partition coefficient (Wildman–Crippen LogP) is 2.40. The Morgan fingerprint density at radius 1 is 1.13 bits per heavy atom. The molecule has 5 heteroatoms. The molecule has 2 N–H and O–H groups in total. The first-order valence-electron chi connectivity index (χ1n) is 8.32. The molecule has 23 heavy (non-hydrogen) atoms. The molecule has 0 saturated heterocycles. The van der Waals surface area contributed by atoms with Gasteiger partial charge in [-0.15, -0.1) is 0 Å². The van der Waals surface area contributed by atoms with Crippen molar-refractivity contribution in [1.82, 2.24) is 10.6 Å². The molecule has 0 spiro atoms. The van der Waals surface area contributed by atoms with Crippen molar-refractivity contribution in [3.63, 3.8) is 0 Å².